The number of fused-ring (bicyclic) bond motifs is 3. The average Bonchev–Trinajstić information content (AvgIpc) is 3.09. The normalized spacial score (nSPS) is 17.0. The molecule has 4 rings (SSSR count). The van der Waals surface area contributed by atoms with Gasteiger partial charge in [-0.05, 0) is 24.8 Å². The minimum Gasteiger partial charge on any atom is -0.383 e. The lowest BCUT2D eigenvalue weighted by Crippen LogP contribution is -2.28. The van der Waals surface area contributed by atoms with Crippen molar-refractivity contribution in [3.8, 4) is 0 Å². The van der Waals surface area contributed by atoms with Crippen LogP contribution in [0.1, 0.15) is 16.9 Å². The van der Waals surface area contributed by atoms with Crippen molar-refractivity contribution < 1.29 is 4.79 Å². The number of aromatic nitrogens is 4. The van der Waals surface area contributed by atoms with Gasteiger partial charge in [0.25, 0.3) is 0 Å². The zero-order valence-electron chi connectivity index (χ0n) is 13.1. The van der Waals surface area contributed by atoms with Crippen molar-refractivity contribution in [3.05, 3.63) is 22.7 Å². The highest BCUT2D eigenvalue weighted by molar-refractivity contribution is 7.19. The monoisotopic (exact) mass is 343 g/mol. The first-order chi connectivity index (χ1) is 11.5. The summed E-state index contributed by atoms with van der Waals surface area (Å²) in [4.78, 5) is 22.5. The quantitative estimate of drug-likeness (QED) is 0.659. The zero-order valence-corrected chi connectivity index (χ0v) is 13.9. The standard InChI is InChI=1S/C15H17N7OS/c1-22-5-4-10(21-22)18-15-19-12(16)11-8-6-7(13(17)23)2-3-9(8)24-14(11)20-15/h4-5,7H,2-3,6H2,1H3,(H2,17,23)(H3,16,18,19,20,21). The number of carbonyl (C=O) groups excluding carboxylic acids is 1. The number of primary amides is 1. The Morgan fingerprint density at radius 1 is 1.46 bits per heavy atom. The van der Waals surface area contributed by atoms with Crippen LogP contribution in [-0.4, -0.2) is 25.7 Å². The molecule has 3 aromatic heterocycles. The molecule has 1 aliphatic carbocycles. The number of nitrogens with two attached hydrogens (primary N) is 2. The molecule has 0 aliphatic heterocycles. The van der Waals surface area contributed by atoms with Crippen LogP contribution in [0.15, 0.2) is 12.3 Å². The lowest BCUT2D eigenvalue weighted by Gasteiger charge is -2.19. The largest absolute Gasteiger partial charge is 0.383 e. The molecule has 9 heteroatoms. The number of amides is 1. The number of aryl methyl sites for hydroxylation is 2. The Labute approximate surface area is 141 Å². The summed E-state index contributed by atoms with van der Waals surface area (Å²) in [5.74, 6) is 1.10. The number of hydrogen-bond donors (Lipinski definition) is 3. The van der Waals surface area contributed by atoms with E-state index in [-0.39, 0.29) is 11.8 Å². The fraction of sp³-hybridized carbons (Fsp3) is 0.333. The van der Waals surface area contributed by atoms with E-state index in [0.29, 0.717) is 24.0 Å². The molecule has 1 atom stereocenters. The third kappa shape index (κ3) is 2.46. The van der Waals surface area contributed by atoms with Crippen molar-refractivity contribution in [2.75, 3.05) is 11.1 Å². The van der Waals surface area contributed by atoms with Gasteiger partial charge in [0, 0.05) is 30.1 Å². The van der Waals surface area contributed by atoms with Crippen LogP contribution in [0.4, 0.5) is 17.6 Å². The third-order valence-electron chi connectivity index (χ3n) is 4.29. The summed E-state index contributed by atoms with van der Waals surface area (Å²) in [6.45, 7) is 0. The summed E-state index contributed by atoms with van der Waals surface area (Å²) in [7, 11) is 1.84. The van der Waals surface area contributed by atoms with Gasteiger partial charge in [-0.15, -0.1) is 11.3 Å². The highest BCUT2D eigenvalue weighted by Crippen LogP contribution is 2.39. The van der Waals surface area contributed by atoms with E-state index >= 15 is 0 Å². The summed E-state index contributed by atoms with van der Waals surface area (Å²) in [5.41, 5.74) is 12.7. The summed E-state index contributed by atoms with van der Waals surface area (Å²) in [6, 6.07) is 1.83. The van der Waals surface area contributed by atoms with Crippen LogP contribution in [0.3, 0.4) is 0 Å². The van der Waals surface area contributed by atoms with Crippen molar-refractivity contribution in [1.82, 2.24) is 19.7 Å². The molecule has 0 bridgehead atoms. The van der Waals surface area contributed by atoms with Crippen LogP contribution >= 0.6 is 11.3 Å². The van der Waals surface area contributed by atoms with Crippen LogP contribution < -0.4 is 16.8 Å². The molecule has 0 saturated carbocycles. The summed E-state index contributed by atoms with van der Waals surface area (Å²) in [6.07, 6.45) is 4.05. The van der Waals surface area contributed by atoms with E-state index in [9.17, 15) is 4.79 Å². The number of thiophene rings is 1. The molecule has 0 radical (unpaired) electrons. The first kappa shape index (κ1) is 14.9. The minimum absolute atomic E-state index is 0.138. The van der Waals surface area contributed by atoms with Gasteiger partial charge in [-0.1, -0.05) is 0 Å². The number of rotatable bonds is 3. The number of anilines is 3. The number of nitrogen functional groups attached to an aromatic ring is 1. The molecule has 1 amide bonds. The molecule has 8 nitrogen and oxygen atoms in total. The van der Waals surface area contributed by atoms with Gasteiger partial charge in [0.15, 0.2) is 5.82 Å². The Bertz CT molecular complexity index is 945. The van der Waals surface area contributed by atoms with Gasteiger partial charge in [0.1, 0.15) is 10.6 Å². The van der Waals surface area contributed by atoms with Gasteiger partial charge in [-0.3, -0.25) is 9.48 Å². The van der Waals surface area contributed by atoms with Gasteiger partial charge in [0.2, 0.25) is 11.9 Å². The van der Waals surface area contributed by atoms with Crippen molar-refractivity contribution in [1.29, 1.82) is 0 Å². The van der Waals surface area contributed by atoms with Crippen molar-refractivity contribution in [2.45, 2.75) is 19.3 Å². The first-order valence-corrected chi connectivity index (χ1v) is 8.46. The SMILES string of the molecule is Cn1ccc(Nc2nc(N)c3c4c(sc3n2)CCC(C(N)=O)C4)n1. The van der Waals surface area contributed by atoms with Crippen LogP contribution in [0.25, 0.3) is 10.2 Å². The minimum atomic E-state index is -0.257. The Kier molecular flexibility index (Phi) is 3.38. The van der Waals surface area contributed by atoms with E-state index in [1.165, 1.54) is 4.88 Å². The third-order valence-corrected chi connectivity index (χ3v) is 5.47. The van der Waals surface area contributed by atoms with Gasteiger partial charge in [-0.25, -0.2) is 4.98 Å². The Hall–Kier alpha value is -2.68. The predicted molar refractivity (Wildman–Crippen MR) is 93.0 cm³/mol. The second-order valence-electron chi connectivity index (χ2n) is 5.96. The van der Waals surface area contributed by atoms with Crippen LogP contribution in [0.5, 0.6) is 0 Å². The van der Waals surface area contributed by atoms with Gasteiger partial charge in [0.05, 0.1) is 5.39 Å². The molecule has 0 fully saturated rings. The van der Waals surface area contributed by atoms with E-state index < -0.39 is 0 Å². The maximum Gasteiger partial charge on any atom is 0.231 e. The highest BCUT2D eigenvalue weighted by Gasteiger charge is 2.28. The highest BCUT2D eigenvalue weighted by atomic mass is 32.1. The maximum atomic E-state index is 11.5. The van der Waals surface area contributed by atoms with Crippen LogP contribution in [-0.2, 0) is 24.7 Å². The molecule has 0 saturated heterocycles. The van der Waals surface area contributed by atoms with Gasteiger partial charge >= 0.3 is 0 Å². The molecule has 3 aromatic rings. The van der Waals surface area contributed by atoms with E-state index in [1.807, 2.05) is 19.3 Å². The van der Waals surface area contributed by atoms with E-state index in [4.69, 9.17) is 11.5 Å². The molecule has 1 unspecified atom stereocenters. The first-order valence-electron chi connectivity index (χ1n) is 7.65. The second-order valence-corrected chi connectivity index (χ2v) is 7.04. The van der Waals surface area contributed by atoms with E-state index in [0.717, 1.165) is 28.6 Å². The van der Waals surface area contributed by atoms with Crippen molar-refractivity contribution >= 4 is 45.0 Å². The summed E-state index contributed by atoms with van der Waals surface area (Å²) < 4.78 is 1.69. The van der Waals surface area contributed by atoms with Gasteiger partial charge < -0.3 is 16.8 Å². The number of nitrogens with one attached hydrogen (secondary N) is 1. The average molecular weight is 343 g/mol. The van der Waals surface area contributed by atoms with E-state index in [2.05, 4.69) is 20.4 Å². The molecule has 0 spiro atoms. The maximum absolute atomic E-state index is 11.5. The Morgan fingerprint density at radius 3 is 3.00 bits per heavy atom. The number of hydrogen-bond acceptors (Lipinski definition) is 7. The molecule has 124 valence electrons. The molecule has 0 aromatic carbocycles. The molecular formula is C15H17N7OS. The van der Waals surface area contributed by atoms with Crippen molar-refractivity contribution in [2.24, 2.45) is 18.7 Å². The zero-order chi connectivity index (χ0) is 16.8. The summed E-state index contributed by atoms with van der Waals surface area (Å²) in [5, 5.41) is 8.16. The molecule has 5 N–H and O–H groups in total. The topological polar surface area (TPSA) is 125 Å². The predicted octanol–water partition coefficient (Wildman–Crippen LogP) is 1.34. The Morgan fingerprint density at radius 2 is 2.29 bits per heavy atom. The fourth-order valence-corrected chi connectivity index (χ4v) is 4.32. The van der Waals surface area contributed by atoms with Crippen LogP contribution in [0, 0.1) is 5.92 Å². The molecule has 3 heterocycles. The van der Waals surface area contributed by atoms with Crippen molar-refractivity contribution in [3.63, 3.8) is 0 Å². The molecular weight excluding hydrogens is 326 g/mol. The number of nitrogens with zero attached hydrogens (tertiary/aromatic N) is 4. The molecule has 24 heavy (non-hydrogen) atoms. The lowest BCUT2D eigenvalue weighted by molar-refractivity contribution is -0.122. The van der Waals surface area contributed by atoms with Gasteiger partial charge in [-0.2, -0.15) is 10.1 Å². The second kappa shape index (κ2) is 5.45. The Balaban J connectivity index is 1.74. The smallest absolute Gasteiger partial charge is 0.231 e. The fourth-order valence-electron chi connectivity index (χ4n) is 3.10. The lowest BCUT2D eigenvalue weighted by atomic mass is 9.87. The van der Waals surface area contributed by atoms with E-state index in [1.54, 1.807) is 16.0 Å². The molecule has 1 aliphatic rings. The summed E-state index contributed by atoms with van der Waals surface area (Å²) >= 11 is 1.61. The van der Waals surface area contributed by atoms with Crippen LogP contribution in [0.2, 0.25) is 0 Å². The number of carbonyl (C=O) groups is 1.